The van der Waals surface area contributed by atoms with Gasteiger partial charge in [-0.1, -0.05) is 6.42 Å². The quantitative estimate of drug-likeness (QED) is 0.794. The molecule has 0 aliphatic carbocycles. The smallest absolute Gasteiger partial charge is 0.0629 e. The van der Waals surface area contributed by atoms with Gasteiger partial charge < -0.3 is 10.2 Å². The minimum absolute atomic E-state index is 0.740. The standard InChI is InChI=1S/C15H22Br2N2/c1-11-9-13(16)15(14(17)10-11)18-7-6-12-5-3-4-8-19(12)2/h9-10,12,18H,3-8H2,1-2H3. The Morgan fingerprint density at radius 2 is 1.95 bits per heavy atom. The van der Waals surface area contributed by atoms with Gasteiger partial charge in [0.25, 0.3) is 0 Å². The number of nitrogens with one attached hydrogen (secondary N) is 1. The van der Waals surface area contributed by atoms with E-state index in [1.54, 1.807) is 0 Å². The molecule has 106 valence electrons. The number of aryl methyl sites for hydroxylation is 1. The molecule has 1 aliphatic rings. The maximum absolute atomic E-state index is 3.63. The van der Waals surface area contributed by atoms with Crippen molar-refractivity contribution in [2.75, 3.05) is 25.5 Å². The highest BCUT2D eigenvalue weighted by molar-refractivity contribution is 9.11. The fourth-order valence-electron chi connectivity index (χ4n) is 2.74. The Kier molecular flexibility index (Phi) is 5.72. The SMILES string of the molecule is Cc1cc(Br)c(NCCC2CCCCN2C)c(Br)c1. The van der Waals surface area contributed by atoms with Crippen LogP contribution in [0.2, 0.25) is 0 Å². The summed E-state index contributed by atoms with van der Waals surface area (Å²) >= 11 is 7.27. The molecule has 0 bridgehead atoms. The minimum atomic E-state index is 0.740. The van der Waals surface area contributed by atoms with E-state index >= 15 is 0 Å². The average Bonchev–Trinajstić information content (AvgIpc) is 2.34. The van der Waals surface area contributed by atoms with Crippen molar-refractivity contribution in [3.63, 3.8) is 0 Å². The second-order valence-corrected chi connectivity index (χ2v) is 7.16. The van der Waals surface area contributed by atoms with Crippen LogP contribution in [0.15, 0.2) is 21.1 Å². The molecule has 0 spiro atoms. The molecule has 1 heterocycles. The Morgan fingerprint density at radius 1 is 1.26 bits per heavy atom. The van der Waals surface area contributed by atoms with E-state index in [0.717, 1.165) is 21.5 Å². The van der Waals surface area contributed by atoms with E-state index < -0.39 is 0 Å². The number of halogens is 2. The van der Waals surface area contributed by atoms with Crippen LogP contribution in [-0.4, -0.2) is 31.1 Å². The maximum atomic E-state index is 3.63. The first kappa shape index (κ1) is 15.3. The van der Waals surface area contributed by atoms with Crippen molar-refractivity contribution >= 4 is 37.5 Å². The van der Waals surface area contributed by atoms with Crippen LogP contribution in [0.4, 0.5) is 5.69 Å². The molecule has 2 rings (SSSR count). The second kappa shape index (κ2) is 7.09. The first-order chi connectivity index (χ1) is 9.08. The monoisotopic (exact) mass is 388 g/mol. The topological polar surface area (TPSA) is 15.3 Å². The number of benzene rings is 1. The Hall–Kier alpha value is -0.0600. The van der Waals surface area contributed by atoms with Crippen LogP contribution in [0, 0.1) is 6.92 Å². The normalized spacial score (nSPS) is 20.5. The molecule has 1 aromatic carbocycles. The highest BCUT2D eigenvalue weighted by Gasteiger charge is 2.18. The van der Waals surface area contributed by atoms with Crippen LogP contribution < -0.4 is 5.32 Å². The van der Waals surface area contributed by atoms with Crippen molar-refractivity contribution in [2.45, 2.75) is 38.6 Å². The largest absolute Gasteiger partial charge is 0.383 e. The zero-order valence-corrected chi connectivity index (χ0v) is 14.8. The molecule has 1 fully saturated rings. The van der Waals surface area contributed by atoms with E-state index in [2.05, 4.69) is 68.2 Å². The van der Waals surface area contributed by atoms with Crippen molar-refractivity contribution in [3.05, 3.63) is 26.6 Å². The molecule has 0 radical (unpaired) electrons. The lowest BCUT2D eigenvalue weighted by Crippen LogP contribution is -2.37. The van der Waals surface area contributed by atoms with Crippen LogP contribution in [0.1, 0.15) is 31.2 Å². The highest BCUT2D eigenvalue weighted by Crippen LogP contribution is 2.32. The van der Waals surface area contributed by atoms with Crippen LogP contribution in [0.25, 0.3) is 0 Å². The molecule has 1 saturated heterocycles. The Morgan fingerprint density at radius 3 is 2.58 bits per heavy atom. The van der Waals surface area contributed by atoms with E-state index in [0.29, 0.717) is 0 Å². The lowest BCUT2D eigenvalue weighted by molar-refractivity contribution is 0.179. The summed E-state index contributed by atoms with van der Waals surface area (Å²) < 4.78 is 2.27. The van der Waals surface area contributed by atoms with E-state index in [-0.39, 0.29) is 0 Å². The number of hydrogen-bond donors (Lipinski definition) is 1. The number of rotatable bonds is 4. The van der Waals surface area contributed by atoms with Crippen LogP contribution >= 0.6 is 31.9 Å². The fraction of sp³-hybridized carbons (Fsp3) is 0.600. The minimum Gasteiger partial charge on any atom is -0.383 e. The Labute approximate surface area is 133 Å². The molecule has 1 aromatic rings. The third-order valence-corrected chi connectivity index (χ3v) is 5.14. The van der Waals surface area contributed by atoms with E-state index in [1.165, 1.54) is 43.5 Å². The fourth-order valence-corrected chi connectivity index (χ4v) is 4.44. The molecule has 1 atom stereocenters. The lowest BCUT2D eigenvalue weighted by Gasteiger charge is -2.32. The van der Waals surface area contributed by atoms with Gasteiger partial charge in [0, 0.05) is 21.5 Å². The first-order valence-electron chi connectivity index (χ1n) is 6.97. The first-order valence-corrected chi connectivity index (χ1v) is 8.56. The predicted molar refractivity (Wildman–Crippen MR) is 90.0 cm³/mol. The summed E-state index contributed by atoms with van der Waals surface area (Å²) in [5.41, 5.74) is 2.43. The summed E-state index contributed by atoms with van der Waals surface area (Å²) in [5.74, 6) is 0. The van der Waals surface area contributed by atoms with Crippen molar-refractivity contribution in [3.8, 4) is 0 Å². The van der Waals surface area contributed by atoms with Gasteiger partial charge in [-0.3, -0.25) is 0 Å². The Bertz CT molecular complexity index is 411. The highest BCUT2D eigenvalue weighted by atomic mass is 79.9. The molecular weight excluding hydrogens is 368 g/mol. The molecule has 1 unspecified atom stereocenters. The van der Waals surface area contributed by atoms with Crippen LogP contribution in [0.5, 0.6) is 0 Å². The van der Waals surface area contributed by atoms with E-state index in [9.17, 15) is 0 Å². The summed E-state index contributed by atoms with van der Waals surface area (Å²) in [6.07, 6.45) is 5.29. The molecule has 0 saturated carbocycles. The zero-order chi connectivity index (χ0) is 13.8. The Balaban J connectivity index is 1.89. The number of piperidine rings is 1. The van der Waals surface area contributed by atoms with Gasteiger partial charge in [0.05, 0.1) is 5.69 Å². The van der Waals surface area contributed by atoms with Gasteiger partial charge in [-0.05, 0) is 89.3 Å². The molecule has 1 N–H and O–H groups in total. The summed E-state index contributed by atoms with van der Waals surface area (Å²) in [6, 6.07) is 5.05. The number of nitrogens with zero attached hydrogens (tertiary/aromatic N) is 1. The van der Waals surface area contributed by atoms with Gasteiger partial charge in [0.15, 0.2) is 0 Å². The summed E-state index contributed by atoms with van der Waals surface area (Å²) in [5, 5.41) is 3.56. The maximum Gasteiger partial charge on any atom is 0.0629 e. The zero-order valence-electron chi connectivity index (χ0n) is 11.7. The second-order valence-electron chi connectivity index (χ2n) is 5.45. The van der Waals surface area contributed by atoms with Crippen molar-refractivity contribution in [2.24, 2.45) is 0 Å². The van der Waals surface area contributed by atoms with Crippen molar-refractivity contribution in [1.29, 1.82) is 0 Å². The average molecular weight is 390 g/mol. The number of anilines is 1. The predicted octanol–water partition coefficient (Wildman–Crippen LogP) is 4.81. The summed E-state index contributed by atoms with van der Waals surface area (Å²) in [4.78, 5) is 2.50. The molecule has 19 heavy (non-hydrogen) atoms. The molecule has 1 aliphatic heterocycles. The summed E-state index contributed by atoms with van der Waals surface area (Å²) in [6.45, 7) is 4.38. The van der Waals surface area contributed by atoms with Crippen molar-refractivity contribution < 1.29 is 0 Å². The summed E-state index contributed by atoms with van der Waals surface area (Å²) in [7, 11) is 2.25. The van der Waals surface area contributed by atoms with Gasteiger partial charge in [0.2, 0.25) is 0 Å². The van der Waals surface area contributed by atoms with Crippen molar-refractivity contribution in [1.82, 2.24) is 4.90 Å². The van der Waals surface area contributed by atoms with Gasteiger partial charge in [-0.25, -0.2) is 0 Å². The number of likely N-dealkylation sites (tertiary alicyclic amines) is 1. The van der Waals surface area contributed by atoms with Gasteiger partial charge in [-0.15, -0.1) is 0 Å². The van der Waals surface area contributed by atoms with E-state index in [4.69, 9.17) is 0 Å². The third-order valence-electron chi connectivity index (χ3n) is 3.89. The van der Waals surface area contributed by atoms with Crippen LogP contribution in [0.3, 0.4) is 0 Å². The van der Waals surface area contributed by atoms with Crippen LogP contribution in [-0.2, 0) is 0 Å². The van der Waals surface area contributed by atoms with Gasteiger partial charge in [-0.2, -0.15) is 0 Å². The molecule has 0 aromatic heterocycles. The van der Waals surface area contributed by atoms with Gasteiger partial charge >= 0.3 is 0 Å². The molecule has 4 heteroatoms. The van der Waals surface area contributed by atoms with Gasteiger partial charge in [0.1, 0.15) is 0 Å². The third kappa shape index (κ3) is 4.20. The molecule has 2 nitrogen and oxygen atoms in total. The lowest BCUT2D eigenvalue weighted by atomic mass is 10.0. The molecular formula is C15H22Br2N2. The number of hydrogen-bond acceptors (Lipinski definition) is 2. The van der Waals surface area contributed by atoms with E-state index in [1.807, 2.05) is 0 Å². The molecule has 0 amide bonds.